The van der Waals surface area contributed by atoms with Gasteiger partial charge in [0, 0.05) is 0 Å². The van der Waals surface area contributed by atoms with E-state index in [2.05, 4.69) is 30.0 Å². The van der Waals surface area contributed by atoms with Crippen molar-refractivity contribution in [3.63, 3.8) is 0 Å². The molecule has 1 aliphatic rings. The van der Waals surface area contributed by atoms with Gasteiger partial charge in [0.05, 0.1) is 0 Å². The Hall–Kier alpha value is -0.955. The summed E-state index contributed by atoms with van der Waals surface area (Å²) in [6.45, 7) is 4.06. The van der Waals surface area contributed by atoms with Gasteiger partial charge in [-0.25, -0.2) is 0 Å². The maximum absolute atomic E-state index is 10.4. The van der Waals surface area contributed by atoms with Crippen LogP contribution >= 0.6 is 0 Å². The van der Waals surface area contributed by atoms with Crippen LogP contribution in [-0.2, 0) is 17.7 Å². The molecular weight excluding hydrogens is 173 g/mol. The summed E-state index contributed by atoms with van der Waals surface area (Å²) in [5.74, 6) is 0. The van der Waals surface area contributed by atoms with Crippen LogP contribution in [0.15, 0.2) is 18.2 Å². The average Bonchev–Trinajstić information content (AvgIpc) is 2.19. The first-order chi connectivity index (χ1) is 6.79. The van der Waals surface area contributed by atoms with Gasteiger partial charge in [-0.3, -0.25) is 0 Å². The maximum atomic E-state index is 10.4. The minimum absolute atomic E-state index is 0.563. The summed E-state index contributed by atoms with van der Waals surface area (Å²) in [5, 5.41) is 0. The summed E-state index contributed by atoms with van der Waals surface area (Å²) < 4.78 is 10.4. The molecule has 0 saturated heterocycles. The van der Waals surface area contributed by atoms with Crippen LogP contribution in [0.3, 0.4) is 0 Å². The predicted octanol–water partition coefficient (Wildman–Crippen LogP) is 1.36. The van der Waals surface area contributed by atoms with Gasteiger partial charge in [-0.1, -0.05) is 0 Å². The van der Waals surface area contributed by atoms with Crippen LogP contribution in [-0.4, -0.2) is 25.0 Å². The van der Waals surface area contributed by atoms with Crippen molar-refractivity contribution in [2.75, 3.05) is 13.0 Å². The number of benzene rings is 1. The fourth-order valence-corrected chi connectivity index (χ4v) is 2.00. The Morgan fingerprint density at radius 3 is 3.07 bits per heavy atom. The molecule has 3 heteroatoms. The van der Waals surface area contributed by atoms with Gasteiger partial charge in [-0.2, -0.15) is 0 Å². The number of hydrogen-bond donors (Lipinski definition) is 0. The second-order valence-electron chi connectivity index (χ2n) is 3.92. The SMILES string of the molecule is Cc1ccc2c(c1)CCN(CB=O)C2. The van der Waals surface area contributed by atoms with Crippen LogP contribution < -0.4 is 0 Å². The Kier molecular flexibility index (Phi) is 2.78. The van der Waals surface area contributed by atoms with E-state index >= 15 is 0 Å². The molecule has 1 aromatic rings. The molecule has 0 saturated carbocycles. The van der Waals surface area contributed by atoms with E-state index in [1.165, 1.54) is 16.7 Å². The van der Waals surface area contributed by atoms with Crippen LogP contribution in [0, 0.1) is 6.92 Å². The van der Waals surface area contributed by atoms with Crippen molar-refractivity contribution in [1.29, 1.82) is 0 Å². The summed E-state index contributed by atoms with van der Waals surface area (Å²) in [5.41, 5.74) is 4.16. The summed E-state index contributed by atoms with van der Waals surface area (Å²) in [6, 6.07) is 6.58. The number of fused-ring (bicyclic) bond motifs is 1. The number of hydrogen-bond acceptors (Lipinski definition) is 2. The molecule has 1 aromatic carbocycles. The van der Waals surface area contributed by atoms with Crippen molar-refractivity contribution in [3.8, 4) is 0 Å². The zero-order chi connectivity index (χ0) is 9.97. The molecule has 0 spiro atoms. The first-order valence-corrected chi connectivity index (χ1v) is 5.04. The Balaban J connectivity index is 2.18. The first kappa shape index (κ1) is 9.59. The molecule has 0 N–H and O–H groups in total. The van der Waals surface area contributed by atoms with E-state index in [1.807, 2.05) is 0 Å². The molecular formula is C11H14BNO. The topological polar surface area (TPSA) is 20.3 Å². The summed E-state index contributed by atoms with van der Waals surface area (Å²) in [4.78, 5) is 2.19. The molecule has 72 valence electrons. The molecule has 14 heavy (non-hydrogen) atoms. The summed E-state index contributed by atoms with van der Waals surface area (Å²) in [7, 11) is 0.985. The van der Waals surface area contributed by atoms with Gasteiger partial charge in [0.1, 0.15) is 0 Å². The molecule has 2 nitrogen and oxygen atoms in total. The molecule has 0 aliphatic carbocycles. The monoisotopic (exact) mass is 187 g/mol. The summed E-state index contributed by atoms with van der Waals surface area (Å²) in [6.07, 6.45) is 1.64. The van der Waals surface area contributed by atoms with Gasteiger partial charge in [-0.15, -0.1) is 0 Å². The van der Waals surface area contributed by atoms with Crippen molar-refractivity contribution in [1.82, 2.24) is 4.90 Å². The van der Waals surface area contributed by atoms with Gasteiger partial charge in [0.25, 0.3) is 0 Å². The Labute approximate surface area is 85.2 Å². The normalized spacial score (nSPS) is 16.1. The zero-order valence-electron chi connectivity index (χ0n) is 8.49. The van der Waals surface area contributed by atoms with Crippen LogP contribution in [0.1, 0.15) is 16.7 Å². The van der Waals surface area contributed by atoms with Crippen LogP contribution in [0.5, 0.6) is 0 Å². The number of rotatable bonds is 2. The van der Waals surface area contributed by atoms with Gasteiger partial charge in [-0.05, 0) is 0 Å². The van der Waals surface area contributed by atoms with Crippen molar-refractivity contribution in [2.45, 2.75) is 19.9 Å². The molecule has 0 amide bonds. The third-order valence-electron chi connectivity index (χ3n) is 2.79. The van der Waals surface area contributed by atoms with Gasteiger partial charge in [0.15, 0.2) is 0 Å². The Morgan fingerprint density at radius 1 is 1.43 bits per heavy atom. The van der Waals surface area contributed by atoms with Crippen molar-refractivity contribution < 1.29 is 4.70 Å². The molecule has 1 aliphatic heterocycles. The van der Waals surface area contributed by atoms with Crippen LogP contribution in [0.25, 0.3) is 0 Å². The number of nitrogens with zero attached hydrogens (tertiary/aromatic N) is 1. The predicted molar refractivity (Wildman–Crippen MR) is 56.6 cm³/mol. The van der Waals surface area contributed by atoms with E-state index in [1.54, 1.807) is 0 Å². The Morgan fingerprint density at radius 2 is 2.29 bits per heavy atom. The van der Waals surface area contributed by atoms with Crippen LogP contribution in [0.2, 0.25) is 0 Å². The summed E-state index contributed by atoms with van der Waals surface area (Å²) >= 11 is 0. The first-order valence-electron chi connectivity index (χ1n) is 5.04. The third-order valence-corrected chi connectivity index (χ3v) is 2.79. The van der Waals surface area contributed by atoms with Gasteiger partial charge >= 0.3 is 84.5 Å². The average molecular weight is 187 g/mol. The molecule has 0 fully saturated rings. The van der Waals surface area contributed by atoms with E-state index in [4.69, 9.17) is 0 Å². The quantitative estimate of drug-likeness (QED) is 0.651. The van der Waals surface area contributed by atoms with Gasteiger partial charge < -0.3 is 0 Å². The van der Waals surface area contributed by atoms with E-state index < -0.39 is 0 Å². The standard InChI is InChI=1S/C11H14BNO/c1-9-2-3-11-7-13(8-12-14)5-4-10(11)6-9/h2-3,6H,4-5,7-8H2,1H3. The molecule has 0 aromatic heterocycles. The van der Waals surface area contributed by atoms with E-state index in [0.717, 1.165) is 26.7 Å². The fourth-order valence-electron chi connectivity index (χ4n) is 2.00. The molecule has 0 unspecified atom stereocenters. The molecule has 2 rings (SSSR count). The minimum atomic E-state index is 0.563. The Bertz CT molecular complexity index is 351. The van der Waals surface area contributed by atoms with E-state index in [0.29, 0.717) is 6.44 Å². The zero-order valence-corrected chi connectivity index (χ0v) is 8.49. The third kappa shape index (κ3) is 1.93. The second kappa shape index (κ2) is 4.05. The van der Waals surface area contributed by atoms with Crippen molar-refractivity contribution in [3.05, 3.63) is 34.9 Å². The molecule has 0 atom stereocenters. The van der Waals surface area contributed by atoms with Crippen LogP contribution in [0.4, 0.5) is 0 Å². The van der Waals surface area contributed by atoms with Crippen molar-refractivity contribution in [2.24, 2.45) is 0 Å². The number of aryl methyl sites for hydroxylation is 1. The molecule has 0 bridgehead atoms. The van der Waals surface area contributed by atoms with E-state index in [-0.39, 0.29) is 0 Å². The fraction of sp³-hybridized carbons (Fsp3) is 0.455. The van der Waals surface area contributed by atoms with Crippen molar-refractivity contribution >= 4 is 7.15 Å². The van der Waals surface area contributed by atoms with E-state index in [9.17, 15) is 4.70 Å². The molecule has 1 heterocycles. The molecule has 0 radical (unpaired) electrons. The van der Waals surface area contributed by atoms with Gasteiger partial charge in [0.2, 0.25) is 0 Å². The second-order valence-corrected chi connectivity index (χ2v) is 3.92.